The fourth-order valence-electron chi connectivity index (χ4n) is 2.62. The minimum Gasteiger partial charge on any atom is -0.292 e. The molecule has 1 atom stereocenters. The first-order valence-corrected chi connectivity index (χ1v) is 8.07. The third-order valence-electron chi connectivity index (χ3n) is 4.02. The average molecular weight is 345 g/mol. The molecule has 122 valence electrons. The number of hydrogen-bond donors (Lipinski definition) is 0. The summed E-state index contributed by atoms with van der Waals surface area (Å²) in [5.41, 5.74) is 1.69. The number of aromatic nitrogens is 2. The van der Waals surface area contributed by atoms with Crippen LogP contribution in [0.2, 0.25) is 0 Å². The van der Waals surface area contributed by atoms with Gasteiger partial charge in [0, 0.05) is 15.8 Å². The Balaban J connectivity index is 2.17. The molecule has 2 aromatic heterocycles. The summed E-state index contributed by atoms with van der Waals surface area (Å²) in [6.07, 6.45) is 0. The normalized spacial score (nSPS) is 12.5. The lowest BCUT2D eigenvalue weighted by Crippen LogP contribution is -2.17. The van der Waals surface area contributed by atoms with Crippen LogP contribution in [0.4, 0.5) is 8.78 Å². The fraction of sp³-hybridized carbons (Fsp3) is 0.235. The number of para-hydroxylation sites is 2. The number of rotatable bonds is 4. The van der Waals surface area contributed by atoms with E-state index in [2.05, 4.69) is 4.98 Å². The maximum Gasteiger partial charge on any atom is 0.320 e. The van der Waals surface area contributed by atoms with Gasteiger partial charge < -0.3 is 0 Å². The molecule has 0 radical (unpaired) electrons. The van der Waals surface area contributed by atoms with Crippen LogP contribution in [-0.2, 0) is 0 Å². The predicted molar refractivity (Wildman–Crippen MR) is 87.5 cm³/mol. The molecular weight excluding hydrogens is 332 g/mol. The van der Waals surface area contributed by atoms with Crippen LogP contribution in [-0.4, -0.2) is 15.3 Å². The van der Waals surface area contributed by atoms with Gasteiger partial charge in [-0.25, -0.2) is 4.98 Å². The second-order valence-electron chi connectivity index (χ2n) is 5.36. The number of nitriles is 1. The summed E-state index contributed by atoms with van der Waals surface area (Å²) in [5, 5.41) is 11.1. The molecule has 0 amide bonds. The Morgan fingerprint density at radius 1 is 1.33 bits per heavy atom. The molecule has 0 fully saturated rings. The Bertz CT molecular complexity index is 968. The topological polar surface area (TPSA) is 58.7 Å². The van der Waals surface area contributed by atoms with E-state index in [1.165, 1.54) is 17.4 Å². The zero-order valence-corrected chi connectivity index (χ0v) is 13.8. The highest BCUT2D eigenvalue weighted by molar-refractivity contribution is 7.10. The molecule has 1 aromatic carbocycles. The molecule has 0 saturated heterocycles. The van der Waals surface area contributed by atoms with Gasteiger partial charge in [0.25, 0.3) is 0 Å². The van der Waals surface area contributed by atoms with Gasteiger partial charge in [-0.1, -0.05) is 12.1 Å². The van der Waals surface area contributed by atoms with Gasteiger partial charge in [0.05, 0.1) is 17.1 Å². The first kappa shape index (κ1) is 16.3. The summed E-state index contributed by atoms with van der Waals surface area (Å²) in [6.45, 7) is 0.761. The first-order chi connectivity index (χ1) is 11.5. The molecule has 4 nitrogen and oxygen atoms in total. The van der Waals surface area contributed by atoms with E-state index in [1.54, 1.807) is 30.5 Å². The molecule has 0 N–H and O–H groups in total. The molecule has 3 rings (SSSR count). The summed E-state index contributed by atoms with van der Waals surface area (Å²) in [5.74, 6) is -2.10. The lowest BCUT2D eigenvalue weighted by atomic mass is 9.97. The van der Waals surface area contributed by atoms with Gasteiger partial charge in [0.1, 0.15) is 5.82 Å². The number of carbonyl (C=O) groups excluding carboxylic acids is 1. The predicted octanol–water partition coefficient (Wildman–Crippen LogP) is 4.60. The number of hydrogen-bond acceptors (Lipinski definition) is 4. The van der Waals surface area contributed by atoms with Crippen molar-refractivity contribution in [2.24, 2.45) is 0 Å². The molecule has 1 unspecified atom stereocenters. The van der Waals surface area contributed by atoms with Crippen LogP contribution in [0.3, 0.4) is 0 Å². The minimum atomic E-state index is -2.89. The number of fused-ring (bicyclic) bond motifs is 1. The number of nitrogens with zero attached hydrogens (tertiary/aromatic N) is 3. The number of aryl methyl sites for hydroxylation is 1. The third kappa shape index (κ3) is 2.49. The van der Waals surface area contributed by atoms with Crippen molar-refractivity contribution >= 4 is 28.2 Å². The number of ketones is 1. The maximum absolute atomic E-state index is 13.5. The van der Waals surface area contributed by atoms with Gasteiger partial charge in [-0.15, -0.1) is 11.3 Å². The summed E-state index contributed by atoms with van der Waals surface area (Å²) < 4.78 is 27.7. The monoisotopic (exact) mass is 345 g/mol. The number of thiophene rings is 1. The summed E-state index contributed by atoms with van der Waals surface area (Å²) in [6, 6.07) is 8.21. The van der Waals surface area contributed by atoms with Gasteiger partial charge in [-0.2, -0.15) is 14.0 Å². The summed E-state index contributed by atoms with van der Waals surface area (Å²) >= 11 is 1.39. The molecule has 7 heteroatoms. The van der Waals surface area contributed by atoms with E-state index in [1.807, 2.05) is 13.0 Å². The molecule has 3 aromatic rings. The van der Waals surface area contributed by atoms with Crippen molar-refractivity contribution in [1.29, 1.82) is 5.26 Å². The second kappa shape index (κ2) is 6.13. The van der Waals surface area contributed by atoms with Crippen molar-refractivity contribution < 1.29 is 13.6 Å². The molecule has 0 aliphatic rings. The van der Waals surface area contributed by atoms with Crippen molar-refractivity contribution in [2.45, 2.75) is 26.3 Å². The van der Waals surface area contributed by atoms with Crippen LogP contribution in [0.15, 0.2) is 29.6 Å². The molecule has 0 aliphatic heterocycles. The standard InChI is InChI=1S/C17H13F2N3OS/c1-9-10(2)24-8-12(9)15(23)11(7-20)16-21-13-5-3-4-6-14(13)22(16)17(18)19/h3-6,8,11,17H,1-2H3. The minimum absolute atomic E-state index is 0.203. The number of halogens is 2. The largest absolute Gasteiger partial charge is 0.320 e. The summed E-state index contributed by atoms with van der Waals surface area (Å²) in [4.78, 5) is 17.8. The van der Waals surface area contributed by atoms with Crippen LogP contribution in [0.5, 0.6) is 0 Å². The Morgan fingerprint density at radius 3 is 2.62 bits per heavy atom. The zero-order chi connectivity index (χ0) is 17.4. The number of benzene rings is 1. The smallest absolute Gasteiger partial charge is 0.292 e. The zero-order valence-electron chi connectivity index (χ0n) is 13.0. The van der Waals surface area contributed by atoms with Crippen molar-refractivity contribution in [3.63, 3.8) is 0 Å². The van der Waals surface area contributed by atoms with Crippen LogP contribution in [0, 0.1) is 25.2 Å². The van der Waals surface area contributed by atoms with Gasteiger partial charge in [0.2, 0.25) is 0 Å². The quantitative estimate of drug-likeness (QED) is 0.649. The van der Waals surface area contributed by atoms with E-state index in [9.17, 15) is 18.8 Å². The Morgan fingerprint density at radius 2 is 2.04 bits per heavy atom. The molecule has 0 saturated carbocycles. The van der Waals surface area contributed by atoms with E-state index in [0.29, 0.717) is 15.6 Å². The molecule has 0 aliphatic carbocycles. The first-order valence-electron chi connectivity index (χ1n) is 7.19. The molecule has 0 spiro atoms. The Labute approximate surface area is 141 Å². The third-order valence-corrected chi connectivity index (χ3v) is 5.03. The molecule has 0 bridgehead atoms. The lowest BCUT2D eigenvalue weighted by Gasteiger charge is -2.11. The number of imidazole rings is 1. The molecular formula is C17H13F2N3OS. The highest BCUT2D eigenvalue weighted by atomic mass is 32.1. The van der Waals surface area contributed by atoms with Crippen LogP contribution in [0.1, 0.15) is 39.1 Å². The van der Waals surface area contributed by atoms with Crippen LogP contribution in [0.25, 0.3) is 11.0 Å². The second-order valence-corrected chi connectivity index (χ2v) is 6.45. The molecule has 24 heavy (non-hydrogen) atoms. The van der Waals surface area contributed by atoms with Gasteiger partial charge in [-0.05, 0) is 31.5 Å². The van der Waals surface area contributed by atoms with Crippen molar-refractivity contribution in [2.75, 3.05) is 0 Å². The Hall–Kier alpha value is -2.59. The number of alkyl halides is 2. The van der Waals surface area contributed by atoms with Crippen molar-refractivity contribution in [3.8, 4) is 6.07 Å². The average Bonchev–Trinajstić information content (AvgIpc) is 3.09. The van der Waals surface area contributed by atoms with Gasteiger partial charge in [-0.3, -0.25) is 9.36 Å². The van der Waals surface area contributed by atoms with Gasteiger partial charge in [0.15, 0.2) is 11.7 Å². The van der Waals surface area contributed by atoms with E-state index in [4.69, 9.17) is 0 Å². The highest BCUT2D eigenvalue weighted by Crippen LogP contribution is 2.31. The summed E-state index contributed by atoms with van der Waals surface area (Å²) in [7, 11) is 0. The molecule has 2 heterocycles. The van der Waals surface area contributed by atoms with Crippen molar-refractivity contribution in [1.82, 2.24) is 9.55 Å². The van der Waals surface area contributed by atoms with E-state index >= 15 is 0 Å². The fourth-order valence-corrected chi connectivity index (χ4v) is 3.49. The van der Waals surface area contributed by atoms with E-state index < -0.39 is 18.3 Å². The van der Waals surface area contributed by atoms with Crippen LogP contribution >= 0.6 is 11.3 Å². The number of Topliss-reactive ketones (excluding diaryl/α,β-unsaturated/α-hetero) is 1. The van der Waals surface area contributed by atoms with E-state index in [0.717, 1.165) is 10.4 Å². The highest BCUT2D eigenvalue weighted by Gasteiger charge is 2.31. The Kier molecular flexibility index (Phi) is 4.16. The van der Waals surface area contributed by atoms with Gasteiger partial charge >= 0.3 is 6.55 Å². The SMILES string of the molecule is Cc1scc(C(=O)C(C#N)c2nc3ccccc3n2C(F)F)c1C. The maximum atomic E-state index is 13.5. The van der Waals surface area contributed by atoms with E-state index in [-0.39, 0.29) is 11.3 Å². The van der Waals surface area contributed by atoms with Crippen LogP contribution < -0.4 is 0 Å². The number of carbonyl (C=O) groups is 1. The van der Waals surface area contributed by atoms with Crippen molar-refractivity contribution in [3.05, 3.63) is 51.5 Å². The lowest BCUT2D eigenvalue weighted by molar-refractivity contribution is 0.0701.